The van der Waals surface area contributed by atoms with Gasteiger partial charge in [-0.15, -0.1) is 0 Å². The third-order valence-corrected chi connectivity index (χ3v) is 3.55. The summed E-state index contributed by atoms with van der Waals surface area (Å²) >= 11 is 0. The Bertz CT molecular complexity index is 1020. The summed E-state index contributed by atoms with van der Waals surface area (Å²) in [7, 11) is 0. The summed E-state index contributed by atoms with van der Waals surface area (Å²) in [6, 6.07) is 8.41. The molecule has 2 N–H and O–H groups in total. The van der Waals surface area contributed by atoms with Crippen molar-refractivity contribution in [3.8, 4) is 23.0 Å². The van der Waals surface area contributed by atoms with Crippen LogP contribution in [0.25, 0.3) is 0 Å². The zero-order valence-electron chi connectivity index (χ0n) is 17.3. The van der Waals surface area contributed by atoms with Crippen LogP contribution in [0.3, 0.4) is 0 Å². The molecule has 0 radical (unpaired) electrons. The number of esters is 4. The maximum Gasteiger partial charge on any atom is 0.308 e. The molecule has 164 valence electrons. The van der Waals surface area contributed by atoms with E-state index in [4.69, 9.17) is 18.9 Å². The number of benzene rings is 2. The van der Waals surface area contributed by atoms with Gasteiger partial charge in [0.25, 0.3) is 0 Å². The molecule has 2 rings (SSSR count). The third kappa shape index (κ3) is 7.12. The topological polar surface area (TPSA) is 137 Å². The normalized spacial score (nSPS) is 11.1. The van der Waals surface area contributed by atoms with Crippen molar-refractivity contribution in [1.82, 2.24) is 0 Å². The van der Waals surface area contributed by atoms with Crippen molar-refractivity contribution < 1.29 is 43.2 Å². The molecule has 0 heterocycles. The average Bonchev–Trinajstić information content (AvgIpc) is 2.63. The van der Waals surface area contributed by atoms with E-state index in [9.17, 15) is 24.3 Å². The van der Waals surface area contributed by atoms with Gasteiger partial charge in [0.2, 0.25) is 0 Å². The van der Waals surface area contributed by atoms with Gasteiger partial charge in [0.15, 0.2) is 29.2 Å². The fourth-order valence-electron chi connectivity index (χ4n) is 2.48. The predicted molar refractivity (Wildman–Crippen MR) is 107 cm³/mol. The molecule has 0 amide bonds. The number of hydrogen-bond acceptors (Lipinski definition) is 10. The number of hydrogen-bond donors (Lipinski definition) is 2. The second-order valence-corrected chi connectivity index (χ2v) is 6.29. The van der Waals surface area contributed by atoms with Gasteiger partial charge in [-0.25, -0.2) is 0 Å². The van der Waals surface area contributed by atoms with E-state index in [0.29, 0.717) is 5.69 Å². The molecule has 0 saturated carbocycles. The van der Waals surface area contributed by atoms with Crippen molar-refractivity contribution in [2.24, 2.45) is 0 Å². The first-order valence-corrected chi connectivity index (χ1v) is 9.01. The van der Waals surface area contributed by atoms with Gasteiger partial charge in [-0.2, -0.15) is 0 Å². The Morgan fingerprint density at radius 2 is 1.10 bits per heavy atom. The van der Waals surface area contributed by atoms with Gasteiger partial charge in [-0.05, 0) is 24.3 Å². The second kappa shape index (κ2) is 10.2. The number of rotatable bonds is 7. The standard InChI is InChI=1S/C21H21NO9/c1-11(23)28-17-7-5-15(9-19(17)30-13(3)25)21(27)22-16-6-8-18(29-12(2)24)20(10-16)31-14(4)26/h5-10,21-22,27H,1-4H3. The first-order valence-electron chi connectivity index (χ1n) is 9.01. The van der Waals surface area contributed by atoms with Gasteiger partial charge in [0, 0.05) is 45.0 Å². The fraction of sp³-hybridized carbons (Fsp3) is 0.238. The number of nitrogens with one attached hydrogen (secondary N) is 1. The van der Waals surface area contributed by atoms with Gasteiger partial charge in [0.1, 0.15) is 0 Å². The van der Waals surface area contributed by atoms with Crippen molar-refractivity contribution in [3.05, 3.63) is 42.0 Å². The summed E-state index contributed by atoms with van der Waals surface area (Å²) in [6.07, 6.45) is -1.29. The van der Waals surface area contributed by atoms with Crippen LogP contribution in [-0.2, 0) is 19.2 Å². The highest BCUT2D eigenvalue weighted by Gasteiger charge is 2.17. The fourth-order valence-corrected chi connectivity index (χ4v) is 2.48. The SMILES string of the molecule is CC(=O)Oc1ccc(NC(O)c2ccc(OC(C)=O)c(OC(C)=O)c2)cc1OC(C)=O. The average molecular weight is 431 g/mol. The molecule has 2 aromatic rings. The molecular formula is C21H21NO9. The van der Waals surface area contributed by atoms with E-state index < -0.39 is 30.1 Å². The lowest BCUT2D eigenvalue weighted by atomic mass is 10.1. The van der Waals surface area contributed by atoms with Crippen LogP contribution >= 0.6 is 0 Å². The monoisotopic (exact) mass is 431 g/mol. The second-order valence-electron chi connectivity index (χ2n) is 6.29. The summed E-state index contributed by atoms with van der Waals surface area (Å²) in [4.78, 5) is 45.1. The van der Waals surface area contributed by atoms with Crippen LogP contribution in [0.15, 0.2) is 36.4 Å². The van der Waals surface area contributed by atoms with Crippen LogP contribution in [0.1, 0.15) is 39.5 Å². The van der Waals surface area contributed by atoms with Crippen LogP contribution in [0.4, 0.5) is 5.69 Å². The molecule has 0 aliphatic heterocycles. The summed E-state index contributed by atoms with van der Waals surface area (Å²) in [5.74, 6) is -2.49. The molecule has 2 aromatic carbocycles. The Labute approximate surface area is 177 Å². The Morgan fingerprint density at radius 1 is 0.677 bits per heavy atom. The lowest BCUT2D eigenvalue weighted by molar-refractivity contribution is -0.134. The molecule has 0 saturated heterocycles. The highest BCUT2D eigenvalue weighted by Crippen LogP contribution is 2.34. The molecule has 0 spiro atoms. The van der Waals surface area contributed by atoms with E-state index in [2.05, 4.69) is 5.32 Å². The van der Waals surface area contributed by atoms with Gasteiger partial charge in [0.05, 0.1) is 0 Å². The minimum atomic E-state index is -1.29. The number of ether oxygens (including phenoxy) is 4. The van der Waals surface area contributed by atoms with Crippen molar-refractivity contribution in [3.63, 3.8) is 0 Å². The molecule has 10 nitrogen and oxygen atoms in total. The molecular weight excluding hydrogens is 410 g/mol. The third-order valence-electron chi connectivity index (χ3n) is 3.55. The van der Waals surface area contributed by atoms with Crippen LogP contribution in [-0.4, -0.2) is 29.0 Å². The quantitative estimate of drug-likeness (QED) is 0.382. The van der Waals surface area contributed by atoms with E-state index in [1.165, 1.54) is 64.1 Å². The molecule has 10 heteroatoms. The molecule has 0 bridgehead atoms. The summed E-state index contributed by atoms with van der Waals surface area (Å²) < 4.78 is 20.1. The van der Waals surface area contributed by atoms with E-state index in [1.54, 1.807) is 0 Å². The zero-order valence-corrected chi connectivity index (χ0v) is 17.3. The maximum atomic E-state index is 11.3. The molecule has 0 aliphatic carbocycles. The van der Waals surface area contributed by atoms with Crippen LogP contribution in [0, 0.1) is 0 Å². The minimum Gasteiger partial charge on any atom is -0.423 e. The summed E-state index contributed by atoms with van der Waals surface area (Å²) in [5.41, 5.74) is 0.614. The lowest BCUT2D eigenvalue weighted by Gasteiger charge is -2.18. The van der Waals surface area contributed by atoms with E-state index in [0.717, 1.165) is 0 Å². The largest absolute Gasteiger partial charge is 0.423 e. The molecule has 1 atom stereocenters. The number of aliphatic hydroxyl groups is 1. The van der Waals surface area contributed by atoms with E-state index >= 15 is 0 Å². The molecule has 1 unspecified atom stereocenters. The highest BCUT2D eigenvalue weighted by atomic mass is 16.6. The molecule has 31 heavy (non-hydrogen) atoms. The van der Waals surface area contributed by atoms with Crippen LogP contribution in [0.5, 0.6) is 23.0 Å². The van der Waals surface area contributed by atoms with Gasteiger partial charge in [-0.3, -0.25) is 19.2 Å². The van der Waals surface area contributed by atoms with Crippen molar-refractivity contribution >= 4 is 29.6 Å². The number of carbonyl (C=O) groups is 4. The highest BCUT2D eigenvalue weighted by molar-refractivity contribution is 5.75. The number of anilines is 1. The van der Waals surface area contributed by atoms with Crippen LogP contribution < -0.4 is 24.3 Å². The summed E-state index contributed by atoms with van der Waals surface area (Å²) in [6.45, 7) is 4.77. The molecule has 0 aliphatic rings. The Hall–Kier alpha value is -3.92. The van der Waals surface area contributed by atoms with Crippen molar-refractivity contribution in [1.29, 1.82) is 0 Å². The smallest absolute Gasteiger partial charge is 0.308 e. The zero-order chi connectivity index (χ0) is 23.1. The predicted octanol–water partition coefficient (Wildman–Crippen LogP) is 2.49. The van der Waals surface area contributed by atoms with E-state index in [-0.39, 0.29) is 28.6 Å². The van der Waals surface area contributed by atoms with Gasteiger partial charge in [-0.1, -0.05) is 6.07 Å². The summed E-state index contributed by atoms with van der Waals surface area (Å²) in [5, 5.41) is 13.3. The van der Waals surface area contributed by atoms with Gasteiger partial charge >= 0.3 is 23.9 Å². The van der Waals surface area contributed by atoms with Gasteiger partial charge < -0.3 is 29.4 Å². The molecule has 0 aromatic heterocycles. The van der Waals surface area contributed by atoms with E-state index in [1.807, 2.05) is 0 Å². The first kappa shape index (κ1) is 23.4. The minimum absolute atomic E-state index is 0.0153. The Kier molecular flexibility index (Phi) is 7.70. The van der Waals surface area contributed by atoms with Crippen LogP contribution in [0.2, 0.25) is 0 Å². The Morgan fingerprint density at radius 3 is 1.58 bits per heavy atom. The van der Waals surface area contributed by atoms with Crippen molar-refractivity contribution in [2.75, 3.05) is 5.32 Å². The molecule has 0 fully saturated rings. The first-order chi connectivity index (χ1) is 14.5. The maximum absolute atomic E-state index is 11.3. The number of carbonyl (C=O) groups excluding carboxylic acids is 4. The Balaban J connectivity index is 2.30. The lowest BCUT2D eigenvalue weighted by Crippen LogP contribution is -2.12. The number of aliphatic hydroxyl groups excluding tert-OH is 1. The van der Waals surface area contributed by atoms with Crippen molar-refractivity contribution in [2.45, 2.75) is 33.9 Å².